The molecule has 1 aromatic heterocycles. The van der Waals surface area contributed by atoms with E-state index in [4.69, 9.17) is 0 Å². The van der Waals surface area contributed by atoms with Crippen LogP contribution in [-0.4, -0.2) is 30.2 Å². The predicted octanol–water partition coefficient (Wildman–Crippen LogP) is 0.411. The summed E-state index contributed by atoms with van der Waals surface area (Å²) < 4.78 is 21.7. The van der Waals surface area contributed by atoms with Crippen LogP contribution in [0.25, 0.3) is 0 Å². The lowest BCUT2D eigenvalue weighted by molar-refractivity contribution is 0.0585. The highest BCUT2D eigenvalue weighted by Gasteiger charge is 2.16. The first kappa shape index (κ1) is 9.37. The molecule has 0 spiro atoms. The Morgan fingerprint density at radius 2 is 2.23 bits per heavy atom. The molecule has 0 amide bonds. The molecule has 0 atom stereocenters. The van der Waals surface area contributed by atoms with E-state index in [0.717, 1.165) is 13.3 Å². The average Bonchev–Trinajstić information content (AvgIpc) is 2.17. The van der Waals surface area contributed by atoms with Gasteiger partial charge in [-0.25, -0.2) is 14.8 Å². The zero-order valence-electron chi connectivity index (χ0n) is 7.07. The van der Waals surface area contributed by atoms with E-state index in [1.807, 2.05) is 0 Å². The topological polar surface area (TPSA) is 61.3 Å². The van der Waals surface area contributed by atoms with Crippen LogP contribution in [0.3, 0.4) is 0 Å². The normalized spacial score (nSPS) is 9.46. The van der Waals surface area contributed by atoms with Crippen molar-refractivity contribution in [1.82, 2.24) is 9.97 Å². The summed E-state index contributed by atoms with van der Waals surface area (Å²) in [6, 6.07) is 0. The maximum absolute atomic E-state index is 12.8. The summed E-state index contributed by atoms with van der Waals surface area (Å²) in [5.74, 6) is -1.81. The fourth-order valence-electron chi connectivity index (χ4n) is 0.683. The Labute approximate surface area is 73.5 Å². The number of esters is 1. The Balaban J connectivity index is 3.11. The Morgan fingerprint density at radius 3 is 2.77 bits per heavy atom. The number of nitrogens with zero attached hydrogens (tertiary/aromatic N) is 2. The first-order chi connectivity index (χ1) is 6.19. The number of carbonyl (C=O) groups is 1. The fraction of sp³-hybridized carbons (Fsp3) is 0.286. The molecule has 0 saturated heterocycles. The Morgan fingerprint density at radius 1 is 1.54 bits per heavy atom. The second kappa shape index (κ2) is 3.79. The van der Waals surface area contributed by atoms with E-state index in [1.54, 1.807) is 0 Å². The van der Waals surface area contributed by atoms with E-state index < -0.39 is 17.6 Å². The number of halogens is 1. The number of hydrogen-bond acceptors (Lipinski definition) is 5. The smallest absolute Gasteiger partial charge is 0.361 e. The SMILES string of the molecule is COC(=O)c1nc(OC)cnc1F. The first-order valence-corrected chi connectivity index (χ1v) is 3.34. The summed E-state index contributed by atoms with van der Waals surface area (Å²) in [5, 5.41) is 0. The summed E-state index contributed by atoms with van der Waals surface area (Å²) >= 11 is 0. The van der Waals surface area contributed by atoms with Gasteiger partial charge < -0.3 is 9.47 Å². The molecule has 6 heteroatoms. The lowest BCUT2D eigenvalue weighted by atomic mass is 10.4. The van der Waals surface area contributed by atoms with Gasteiger partial charge in [-0.15, -0.1) is 0 Å². The fourth-order valence-corrected chi connectivity index (χ4v) is 0.683. The molecule has 0 aliphatic heterocycles. The molecular weight excluding hydrogens is 179 g/mol. The molecule has 0 saturated carbocycles. The van der Waals surface area contributed by atoms with Gasteiger partial charge in [-0.3, -0.25) is 0 Å². The molecule has 0 bridgehead atoms. The molecular formula is C7H7FN2O3. The van der Waals surface area contributed by atoms with E-state index in [1.165, 1.54) is 7.11 Å². The Hall–Kier alpha value is -1.72. The molecule has 13 heavy (non-hydrogen) atoms. The van der Waals surface area contributed by atoms with Crippen LogP contribution in [0.1, 0.15) is 10.5 Å². The van der Waals surface area contributed by atoms with Crippen molar-refractivity contribution in [3.63, 3.8) is 0 Å². The van der Waals surface area contributed by atoms with Gasteiger partial charge >= 0.3 is 5.97 Å². The second-order valence-electron chi connectivity index (χ2n) is 2.04. The number of carbonyl (C=O) groups excluding carboxylic acids is 1. The number of ether oxygens (including phenoxy) is 2. The van der Waals surface area contributed by atoms with Crippen molar-refractivity contribution in [2.45, 2.75) is 0 Å². The average molecular weight is 186 g/mol. The first-order valence-electron chi connectivity index (χ1n) is 3.34. The van der Waals surface area contributed by atoms with E-state index >= 15 is 0 Å². The molecule has 0 N–H and O–H groups in total. The van der Waals surface area contributed by atoms with Crippen LogP contribution in [-0.2, 0) is 4.74 Å². The number of hydrogen-bond donors (Lipinski definition) is 0. The Kier molecular flexibility index (Phi) is 2.73. The summed E-state index contributed by atoms with van der Waals surface area (Å²) in [6.07, 6.45) is 1.07. The maximum Gasteiger partial charge on any atom is 0.361 e. The highest BCUT2D eigenvalue weighted by Crippen LogP contribution is 2.08. The van der Waals surface area contributed by atoms with Gasteiger partial charge in [-0.05, 0) is 0 Å². The summed E-state index contributed by atoms with van der Waals surface area (Å²) in [6.45, 7) is 0. The summed E-state index contributed by atoms with van der Waals surface area (Å²) in [7, 11) is 2.46. The third-order valence-corrected chi connectivity index (χ3v) is 1.29. The lowest BCUT2D eigenvalue weighted by Crippen LogP contribution is -2.09. The van der Waals surface area contributed by atoms with Crippen LogP contribution < -0.4 is 4.74 Å². The Bertz CT molecular complexity index is 330. The monoisotopic (exact) mass is 186 g/mol. The molecule has 0 radical (unpaired) electrons. The van der Waals surface area contributed by atoms with Crippen molar-refractivity contribution in [2.24, 2.45) is 0 Å². The zero-order valence-corrected chi connectivity index (χ0v) is 7.07. The van der Waals surface area contributed by atoms with Crippen LogP contribution in [0.2, 0.25) is 0 Å². The van der Waals surface area contributed by atoms with Gasteiger partial charge in [-0.2, -0.15) is 4.39 Å². The molecule has 1 rings (SSSR count). The highest BCUT2D eigenvalue weighted by molar-refractivity contribution is 5.87. The maximum atomic E-state index is 12.8. The molecule has 0 aliphatic rings. The van der Waals surface area contributed by atoms with E-state index in [2.05, 4.69) is 19.4 Å². The van der Waals surface area contributed by atoms with Crippen LogP contribution in [0.5, 0.6) is 5.88 Å². The highest BCUT2D eigenvalue weighted by atomic mass is 19.1. The van der Waals surface area contributed by atoms with Crippen LogP contribution in [0.4, 0.5) is 4.39 Å². The van der Waals surface area contributed by atoms with Crippen molar-refractivity contribution >= 4 is 5.97 Å². The van der Waals surface area contributed by atoms with Gasteiger partial charge in [0.25, 0.3) is 0 Å². The van der Waals surface area contributed by atoms with Gasteiger partial charge in [0.15, 0.2) is 0 Å². The number of rotatable bonds is 2. The standard InChI is InChI=1S/C7H7FN2O3/c1-12-4-3-9-6(8)5(10-4)7(11)13-2/h3H,1-2H3. The molecule has 5 nitrogen and oxygen atoms in total. The van der Waals surface area contributed by atoms with Gasteiger partial charge in [0.05, 0.1) is 20.4 Å². The molecule has 0 aromatic carbocycles. The van der Waals surface area contributed by atoms with Crippen molar-refractivity contribution in [3.05, 3.63) is 17.8 Å². The quantitative estimate of drug-likeness (QED) is 0.626. The lowest BCUT2D eigenvalue weighted by Gasteiger charge is -2.01. The van der Waals surface area contributed by atoms with Crippen LogP contribution >= 0.6 is 0 Å². The van der Waals surface area contributed by atoms with Crippen molar-refractivity contribution in [2.75, 3.05) is 14.2 Å². The van der Waals surface area contributed by atoms with E-state index in [0.29, 0.717) is 0 Å². The summed E-state index contributed by atoms with van der Waals surface area (Å²) in [4.78, 5) is 17.7. The third-order valence-electron chi connectivity index (χ3n) is 1.29. The van der Waals surface area contributed by atoms with Crippen molar-refractivity contribution < 1.29 is 18.7 Å². The van der Waals surface area contributed by atoms with Crippen LogP contribution in [0, 0.1) is 5.95 Å². The minimum Gasteiger partial charge on any atom is -0.480 e. The van der Waals surface area contributed by atoms with Gasteiger partial charge in [0.2, 0.25) is 17.5 Å². The van der Waals surface area contributed by atoms with Gasteiger partial charge in [0.1, 0.15) is 0 Å². The molecule has 0 aliphatic carbocycles. The van der Waals surface area contributed by atoms with E-state index in [-0.39, 0.29) is 5.88 Å². The predicted molar refractivity (Wildman–Crippen MR) is 39.9 cm³/mol. The molecule has 0 unspecified atom stereocenters. The molecule has 1 heterocycles. The number of aromatic nitrogens is 2. The minimum atomic E-state index is -0.979. The molecule has 70 valence electrons. The molecule has 1 aromatic rings. The number of methoxy groups -OCH3 is 2. The second-order valence-corrected chi connectivity index (χ2v) is 2.04. The van der Waals surface area contributed by atoms with Crippen LogP contribution in [0.15, 0.2) is 6.20 Å². The molecule has 0 fully saturated rings. The largest absolute Gasteiger partial charge is 0.480 e. The van der Waals surface area contributed by atoms with Gasteiger partial charge in [0, 0.05) is 0 Å². The van der Waals surface area contributed by atoms with Crippen molar-refractivity contribution in [3.8, 4) is 5.88 Å². The minimum absolute atomic E-state index is 0.0572. The van der Waals surface area contributed by atoms with Crippen molar-refractivity contribution in [1.29, 1.82) is 0 Å². The third kappa shape index (κ3) is 1.90. The zero-order chi connectivity index (χ0) is 9.84. The summed E-state index contributed by atoms with van der Waals surface area (Å²) in [5.41, 5.74) is -0.484. The van der Waals surface area contributed by atoms with Gasteiger partial charge in [-0.1, -0.05) is 0 Å². The van der Waals surface area contributed by atoms with E-state index in [9.17, 15) is 9.18 Å².